The zero-order valence-electron chi connectivity index (χ0n) is 11.1. The second-order valence-electron chi connectivity index (χ2n) is 4.46. The van der Waals surface area contributed by atoms with Crippen molar-refractivity contribution in [2.75, 3.05) is 5.32 Å². The molecular formula is C14H13ClN2O3S. The van der Waals surface area contributed by atoms with E-state index in [1.165, 1.54) is 12.1 Å². The van der Waals surface area contributed by atoms with Gasteiger partial charge in [-0.3, -0.25) is 4.79 Å². The summed E-state index contributed by atoms with van der Waals surface area (Å²) < 4.78 is 22.7. The number of anilines is 1. The van der Waals surface area contributed by atoms with Gasteiger partial charge in [0.15, 0.2) is 0 Å². The Balaban J connectivity index is 2.38. The average Bonchev–Trinajstić information content (AvgIpc) is 2.40. The number of sulfonamides is 1. The Kier molecular flexibility index (Phi) is 4.32. The molecule has 0 aliphatic heterocycles. The number of aryl methyl sites for hydroxylation is 1. The summed E-state index contributed by atoms with van der Waals surface area (Å²) >= 11 is 5.95. The van der Waals surface area contributed by atoms with Gasteiger partial charge in [-0.25, -0.2) is 13.6 Å². The van der Waals surface area contributed by atoms with E-state index >= 15 is 0 Å². The van der Waals surface area contributed by atoms with Gasteiger partial charge in [0.2, 0.25) is 10.0 Å². The standard InChI is InChI=1S/C14H13ClN2O3S/c1-9-4-2-3-5-13(9)17-14(18)11-8-10(21(16,19)20)6-7-12(11)15/h2-8H,1H3,(H,17,18)(H2,16,19,20). The molecule has 0 saturated carbocycles. The predicted molar refractivity (Wildman–Crippen MR) is 82.0 cm³/mol. The summed E-state index contributed by atoms with van der Waals surface area (Å²) in [4.78, 5) is 12.1. The average molecular weight is 325 g/mol. The fraction of sp³-hybridized carbons (Fsp3) is 0.0714. The lowest BCUT2D eigenvalue weighted by Crippen LogP contribution is -2.16. The predicted octanol–water partition coefficient (Wildman–Crippen LogP) is 2.55. The largest absolute Gasteiger partial charge is 0.322 e. The zero-order valence-corrected chi connectivity index (χ0v) is 12.7. The number of nitrogens with two attached hydrogens (primary N) is 1. The second-order valence-corrected chi connectivity index (χ2v) is 6.42. The van der Waals surface area contributed by atoms with Gasteiger partial charge in [-0.1, -0.05) is 29.8 Å². The number of nitrogens with one attached hydrogen (secondary N) is 1. The molecule has 2 aromatic rings. The van der Waals surface area contributed by atoms with Crippen LogP contribution in [0.25, 0.3) is 0 Å². The molecule has 1 amide bonds. The van der Waals surface area contributed by atoms with Crippen molar-refractivity contribution in [2.24, 2.45) is 5.14 Å². The van der Waals surface area contributed by atoms with Crippen LogP contribution >= 0.6 is 11.6 Å². The number of carbonyl (C=O) groups is 1. The minimum Gasteiger partial charge on any atom is -0.322 e. The Labute approximate surface area is 127 Å². The fourth-order valence-electron chi connectivity index (χ4n) is 1.76. The Morgan fingerprint density at radius 3 is 2.48 bits per heavy atom. The topological polar surface area (TPSA) is 89.3 Å². The zero-order chi connectivity index (χ0) is 15.6. The van der Waals surface area contributed by atoms with Crippen LogP contribution in [-0.2, 0) is 10.0 Å². The molecular weight excluding hydrogens is 312 g/mol. The third-order valence-corrected chi connectivity index (χ3v) is 4.14. The molecule has 0 spiro atoms. The third-order valence-electron chi connectivity index (χ3n) is 2.90. The van der Waals surface area contributed by atoms with Gasteiger partial charge in [-0.2, -0.15) is 0 Å². The minimum absolute atomic E-state index is 0.0476. The Morgan fingerprint density at radius 1 is 1.19 bits per heavy atom. The van der Waals surface area contributed by atoms with Crippen LogP contribution in [0.3, 0.4) is 0 Å². The Morgan fingerprint density at radius 2 is 1.86 bits per heavy atom. The molecule has 0 unspecified atom stereocenters. The van der Waals surface area contributed by atoms with E-state index in [2.05, 4.69) is 5.32 Å². The first-order valence-corrected chi connectivity index (χ1v) is 7.91. The fourth-order valence-corrected chi connectivity index (χ4v) is 2.50. The van der Waals surface area contributed by atoms with Gasteiger partial charge >= 0.3 is 0 Å². The van der Waals surface area contributed by atoms with Gasteiger partial charge in [0.05, 0.1) is 15.5 Å². The summed E-state index contributed by atoms with van der Waals surface area (Å²) in [6.45, 7) is 1.85. The minimum atomic E-state index is -3.90. The Bertz CT molecular complexity index is 804. The van der Waals surface area contributed by atoms with Crippen LogP contribution in [0.1, 0.15) is 15.9 Å². The molecule has 7 heteroatoms. The molecule has 0 aliphatic carbocycles. The van der Waals surface area contributed by atoms with Crippen molar-refractivity contribution in [2.45, 2.75) is 11.8 Å². The molecule has 21 heavy (non-hydrogen) atoms. The number of hydrogen-bond donors (Lipinski definition) is 2. The van der Waals surface area contributed by atoms with Crippen molar-refractivity contribution >= 4 is 33.2 Å². The van der Waals surface area contributed by atoms with Crippen molar-refractivity contribution in [3.63, 3.8) is 0 Å². The van der Waals surface area contributed by atoms with Crippen LogP contribution in [0.2, 0.25) is 5.02 Å². The van der Waals surface area contributed by atoms with E-state index in [4.69, 9.17) is 16.7 Å². The van der Waals surface area contributed by atoms with E-state index < -0.39 is 15.9 Å². The van der Waals surface area contributed by atoms with Crippen LogP contribution in [0.5, 0.6) is 0 Å². The highest BCUT2D eigenvalue weighted by Gasteiger charge is 2.16. The quantitative estimate of drug-likeness (QED) is 0.909. The van der Waals surface area contributed by atoms with E-state index in [0.717, 1.165) is 11.6 Å². The van der Waals surface area contributed by atoms with Gasteiger partial charge in [-0.15, -0.1) is 0 Å². The molecule has 2 rings (SSSR count). The van der Waals surface area contributed by atoms with E-state index in [0.29, 0.717) is 5.69 Å². The molecule has 0 heterocycles. The number of halogens is 1. The highest BCUT2D eigenvalue weighted by atomic mass is 35.5. The third kappa shape index (κ3) is 3.60. The molecule has 0 saturated heterocycles. The van der Waals surface area contributed by atoms with Crippen LogP contribution in [0.15, 0.2) is 47.4 Å². The lowest BCUT2D eigenvalue weighted by atomic mass is 10.1. The number of amides is 1. The van der Waals surface area contributed by atoms with Crippen LogP contribution < -0.4 is 10.5 Å². The van der Waals surface area contributed by atoms with Crippen molar-refractivity contribution in [3.05, 3.63) is 58.6 Å². The number of para-hydroxylation sites is 1. The van der Waals surface area contributed by atoms with E-state index in [1.807, 2.05) is 19.1 Å². The summed E-state index contributed by atoms with van der Waals surface area (Å²) in [6, 6.07) is 11.0. The summed E-state index contributed by atoms with van der Waals surface area (Å²) in [6.07, 6.45) is 0. The maximum absolute atomic E-state index is 12.2. The van der Waals surface area contributed by atoms with Gasteiger partial charge in [0.1, 0.15) is 0 Å². The molecule has 110 valence electrons. The first kappa shape index (κ1) is 15.5. The number of benzene rings is 2. The van der Waals surface area contributed by atoms with Crippen LogP contribution in [0.4, 0.5) is 5.69 Å². The van der Waals surface area contributed by atoms with Crippen molar-refractivity contribution < 1.29 is 13.2 Å². The highest BCUT2D eigenvalue weighted by molar-refractivity contribution is 7.89. The van der Waals surface area contributed by atoms with Crippen molar-refractivity contribution in [1.29, 1.82) is 0 Å². The smallest absolute Gasteiger partial charge is 0.257 e. The number of primary sulfonamides is 1. The normalized spacial score (nSPS) is 11.2. The number of hydrogen-bond acceptors (Lipinski definition) is 3. The lowest BCUT2D eigenvalue weighted by Gasteiger charge is -2.10. The lowest BCUT2D eigenvalue weighted by molar-refractivity contribution is 0.102. The first-order valence-electron chi connectivity index (χ1n) is 5.98. The van der Waals surface area contributed by atoms with Gasteiger partial charge in [0.25, 0.3) is 5.91 Å². The molecule has 3 N–H and O–H groups in total. The molecule has 2 aromatic carbocycles. The molecule has 0 aromatic heterocycles. The summed E-state index contributed by atoms with van der Waals surface area (Å²) in [5, 5.41) is 7.88. The molecule has 0 atom stereocenters. The molecule has 0 radical (unpaired) electrons. The molecule has 0 aliphatic rings. The SMILES string of the molecule is Cc1ccccc1NC(=O)c1cc(S(N)(=O)=O)ccc1Cl. The van der Waals surface area contributed by atoms with Crippen LogP contribution in [0, 0.1) is 6.92 Å². The van der Waals surface area contributed by atoms with Gasteiger partial charge < -0.3 is 5.32 Å². The molecule has 0 bridgehead atoms. The van der Waals surface area contributed by atoms with Crippen LogP contribution in [-0.4, -0.2) is 14.3 Å². The summed E-state index contributed by atoms with van der Waals surface area (Å²) in [5.74, 6) is -0.500. The maximum Gasteiger partial charge on any atom is 0.257 e. The van der Waals surface area contributed by atoms with E-state index in [-0.39, 0.29) is 15.5 Å². The van der Waals surface area contributed by atoms with Gasteiger partial charge in [0, 0.05) is 5.69 Å². The first-order chi connectivity index (χ1) is 9.79. The van der Waals surface area contributed by atoms with Gasteiger partial charge in [-0.05, 0) is 36.8 Å². The van der Waals surface area contributed by atoms with Crippen molar-refractivity contribution in [1.82, 2.24) is 0 Å². The van der Waals surface area contributed by atoms with Crippen molar-refractivity contribution in [3.8, 4) is 0 Å². The summed E-state index contributed by atoms with van der Waals surface area (Å²) in [5.41, 5.74) is 1.55. The maximum atomic E-state index is 12.2. The monoisotopic (exact) mass is 324 g/mol. The van der Waals surface area contributed by atoms with E-state index in [9.17, 15) is 13.2 Å². The number of carbonyl (C=O) groups excluding carboxylic acids is 1. The number of rotatable bonds is 3. The Hall–Kier alpha value is -1.89. The second kappa shape index (κ2) is 5.85. The molecule has 0 fully saturated rings. The summed E-state index contributed by atoms with van der Waals surface area (Å²) in [7, 11) is -3.90. The molecule has 5 nitrogen and oxygen atoms in total. The highest BCUT2D eigenvalue weighted by Crippen LogP contribution is 2.22. The van der Waals surface area contributed by atoms with E-state index in [1.54, 1.807) is 12.1 Å².